The first-order valence-electron chi connectivity index (χ1n) is 6.56. The van der Waals surface area contributed by atoms with Gasteiger partial charge in [-0.3, -0.25) is 0 Å². The molecule has 2 rings (SSSR count). The van der Waals surface area contributed by atoms with E-state index in [9.17, 15) is 4.79 Å². The van der Waals surface area contributed by atoms with Crippen LogP contribution in [0.5, 0.6) is 0 Å². The van der Waals surface area contributed by atoms with Gasteiger partial charge in [0.25, 0.3) is 0 Å². The van der Waals surface area contributed by atoms with Gasteiger partial charge in [-0.2, -0.15) is 0 Å². The van der Waals surface area contributed by atoms with Crippen LogP contribution >= 0.6 is 0 Å². The molecule has 0 bridgehead atoms. The summed E-state index contributed by atoms with van der Waals surface area (Å²) in [6.07, 6.45) is 10.7. The van der Waals surface area contributed by atoms with Crippen LogP contribution in [0.1, 0.15) is 38.5 Å². The summed E-state index contributed by atoms with van der Waals surface area (Å²) < 4.78 is 5.17. The molecule has 94 valence electrons. The average molecular weight is 235 g/mol. The highest BCUT2D eigenvalue weighted by Gasteiger charge is 2.33. The van der Waals surface area contributed by atoms with Crippen LogP contribution in [0.3, 0.4) is 0 Å². The van der Waals surface area contributed by atoms with Crippen molar-refractivity contribution in [2.45, 2.75) is 44.6 Å². The lowest BCUT2D eigenvalue weighted by Crippen LogP contribution is -2.37. The molecule has 1 saturated heterocycles. The van der Waals surface area contributed by atoms with Crippen molar-refractivity contribution in [3.05, 3.63) is 24.4 Å². The monoisotopic (exact) mass is 235 g/mol. The van der Waals surface area contributed by atoms with Gasteiger partial charge in [-0.1, -0.05) is 18.7 Å². The molecule has 2 aliphatic rings. The van der Waals surface area contributed by atoms with Crippen molar-refractivity contribution in [1.29, 1.82) is 0 Å². The Morgan fingerprint density at radius 1 is 1.53 bits per heavy atom. The lowest BCUT2D eigenvalue weighted by Gasteiger charge is -2.29. The highest BCUT2D eigenvalue weighted by Crippen LogP contribution is 2.29. The van der Waals surface area contributed by atoms with Crippen LogP contribution in [0.2, 0.25) is 0 Å². The Kier molecular flexibility index (Phi) is 4.24. The molecule has 0 aromatic carbocycles. The van der Waals surface area contributed by atoms with E-state index in [1.165, 1.54) is 18.5 Å². The minimum Gasteiger partial charge on any atom is -0.460 e. The van der Waals surface area contributed by atoms with Crippen LogP contribution in [-0.2, 0) is 9.53 Å². The third-order valence-electron chi connectivity index (χ3n) is 3.50. The predicted molar refractivity (Wildman–Crippen MR) is 67.4 cm³/mol. The second-order valence-corrected chi connectivity index (χ2v) is 4.71. The van der Waals surface area contributed by atoms with Crippen LogP contribution in [0.15, 0.2) is 24.4 Å². The van der Waals surface area contributed by atoms with E-state index in [1.54, 1.807) is 6.08 Å². The summed E-state index contributed by atoms with van der Waals surface area (Å²) >= 11 is 0. The number of carbonyl (C=O) groups is 1. The Bertz CT molecular complexity index is 322. The molecule has 0 N–H and O–H groups in total. The van der Waals surface area contributed by atoms with E-state index in [1.807, 2.05) is 0 Å². The number of hydrogen-bond donors (Lipinski definition) is 0. The Hall–Kier alpha value is -1.25. The summed E-state index contributed by atoms with van der Waals surface area (Å²) in [5, 5.41) is 0. The lowest BCUT2D eigenvalue weighted by molar-refractivity contribution is -0.147. The van der Waals surface area contributed by atoms with Gasteiger partial charge >= 0.3 is 5.97 Å². The van der Waals surface area contributed by atoms with E-state index < -0.39 is 0 Å². The van der Waals surface area contributed by atoms with Crippen molar-refractivity contribution in [2.75, 3.05) is 13.2 Å². The standard InChI is InChI=1S/C14H21NO2/c1-2-11-17-14(16)13-9-6-10-15(13)12-7-4-3-5-8-12/h2,7,13H,1,3-6,8-11H2/t13-/m0/s1. The molecule has 0 radical (unpaired) electrons. The van der Waals surface area contributed by atoms with Gasteiger partial charge in [-0.15, -0.1) is 0 Å². The zero-order valence-corrected chi connectivity index (χ0v) is 10.4. The molecule has 0 amide bonds. The topological polar surface area (TPSA) is 29.5 Å². The fourth-order valence-corrected chi connectivity index (χ4v) is 2.67. The van der Waals surface area contributed by atoms with Crippen LogP contribution in [0.4, 0.5) is 0 Å². The van der Waals surface area contributed by atoms with Gasteiger partial charge in [0.15, 0.2) is 0 Å². The van der Waals surface area contributed by atoms with E-state index in [0.717, 1.165) is 32.2 Å². The van der Waals surface area contributed by atoms with Crippen LogP contribution in [0, 0.1) is 0 Å². The van der Waals surface area contributed by atoms with Crippen molar-refractivity contribution in [3.63, 3.8) is 0 Å². The minimum atomic E-state index is -0.0890. The third kappa shape index (κ3) is 2.90. The van der Waals surface area contributed by atoms with Gasteiger partial charge in [0, 0.05) is 12.2 Å². The summed E-state index contributed by atoms with van der Waals surface area (Å²) in [7, 11) is 0. The molecule has 0 aromatic rings. The van der Waals surface area contributed by atoms with Crippen molar-refractivity contribution < 1.29 is 9.53 Å². The zero-order valence-electron chi connectivity index (χ0n) is 10.4. The highest BCUT2D eigenvalue weighted by molar-refractivity contribution is 5.76. The number of esters is 1. The number of ether oxygens (including phenoxy) is 1. The molecule has 1 aliphatic heterocycles. The first-order valence-corrected chi connectivity index (χ1v) is 6.56. The van der Waals surface area contributed by atoms with Crippen molar-refractivity contribution in [1.82, 2.24) is 4.90 Å². The Labute approximate surface area is 103 Å². The van der Waals surface area contributed by atoms with Crippen molar-refractivity contribution in [2.24, 2.45) is 0 Å². The fourth-order valence-electron chi connectivity index (χ4n) is 2.67. The molecule has 1 aliphatic carbocycles. The number of nitrogens with zero attached hydrogens (tertiary/aromatic N) is 1. The quantitative estimate of drug-likeness (QED) is 0.554. The van der Waals surface area contributed by atoms with Gasteiger partial charge in [0.05, 0.1) is 0 Å². The summed E-state index contributed by atoms with van der Waals surface area (Å²) in [6, 6.07) is -0.0562. The van der Waals surface area contributed by atoms with Crippen molar-refractivity contribution in [3.8, 4) is 0 Å². The second-order valence-electron chi connectivity index (χ2n) is 4.71. The van der Waals surface area contributed by atoms with Crippen LogP contribution in [0.25, 0.3) is 0 Å². The molecular weight excluding hydrogens is 214 g/mol. The van der Waals surface area contributed by atoms with Gasteiger partial charge in [0.2, 0.25) is 0 Å². The number of rotatable bonds is 4. The molecule has 3 nitrogen and oxygen atoms in total. The number of allylic oxidation sites excluding steroid dienone is 2. The number of carbonyl (C=O) groups excluding carboxylic acids is 1. The fraction of sp³-hybridized carbons (Fsp3) is 0.643. The zero-order chi connectivity index (χ0) is 12.1. The molecule has 17 heavy (non-hydrogen) atoms. The molecule has 1 heterocycles. The predicted octanol–water partition coefficient (Wildman–Crippen LogP) is 2.64. The number of likely N-dealkylation sites (tertiary alicyclic amines) is 1. The van der Waals surface area contributed by atoms with Crippen LogP contribution in [-0.4, -0.2) is 30.1 Å². The maximum absolute atomic E-state index is 11.9. The summed E-state index contributed by atoms with van der Waals surface area (Å²) in [4.78, 5) is 14.2. The molecular formula is C14H21NO2. The first-order chi connectivity index (χ1) is 8.33. The molecule has 0 aromatic heterocycles. The molecule has 3 heteroatoms. The molecule has 1 atom stereocenters. The second kappa shape index (κ2) is 5.89. The molecule has 1 fully saturated rings. The summed E-state index contributed by atoms with van der Waals surface area (Å²) in [5.41, 5.74) is 1.36. The first kappa shape index (κ1) is 12.2. The Balaban J connectivity index is 1.98. The highest BCUT2D eigenvalue weighted by atomic mass is 16.5. The maximum Gasteiger partial charge on any atom is 0.329 e. The number of hydrogen-bond acceptors (Lipinski definition) is 3. The normalized spacial score (nSPS) is 24.4. The largest absolute Gasteiger partial charge is 0.460 e. The van der Waals surface area contributed by atoms with Crippen LogP contribution < -0.4 is 0 Å². The minimum absolute atomic E-state index is 0.0562. The van der Waals surface area contributed by atoms with E-state index in [-0.39, 0.29) is 12.0 Å². The lowest BCUT2D eigenvalue weighted by atomic mass is 10.0. The van der Waals surface area contributed by atoms with E-state index >= 15 is 0 Å². The maximum atomic E-state index is 11.9. The third-order valence-corrected chi connectivity index (χ3v) is 3.50. The molecule has 0 saturated carbocycles. The smallest absolute Gasteiger partial charge is 0.329 e. The Morgan fingerprint density at radius 2 is 2.41 bits per heavy atom. The average Bonchev–Trinajstić information content (AvgIpc) is 2.86. The van der Waals surface area contributed by atoms with E-state index in [2.05, 4.69) is 17.6 Å². The van der Waals surface area contributed by atoms with E-state index in [0.29, 0.717) is 6.61 Å². The molecule has 0 unspecified atom stereocenters. The SMILES string of the molecule is C=CCOC(=O)[C@@H]1CCCN1C1=CCCCC1. The van der Waals surface area contributed by atoms with Gasteiger partial charge in [0.1, 0.15) is 12.6 Å². The molecule has 0 spiro atoms. The summed E-state index contributed by atoms with van der Waals surface area (Å²) in [6.45, 7) is 4.89. The van der Waals surface area contributed by atoms with Gasteiger partial charge in [-0.25, -0.2) is 4.79 Å². The summed E-state index contributed by atoms with van der Waals surface area (Å²) in [5.74, 6) is -0.0890. The van der Waals surface area contributed by atoms with Crippen molar-refractivity contribution >= 4 is 5.97 Å². The van der Waals surface area contributed by atoms with Gasteiger partial charge in [-0.05, 0) is 38.5 Å². The van der Waals surface area contributed by atoms with E-state index in [4.69, 9.17) is 4.74 Å². The Morgan fingerprint density at radius 3 is 3.12 bits per heavy atom. The van der Waals surface area contributed by atoms with Gasteiger partial charge < -0.3 is 9.64 Å².